The first-order chi connectivity index (χ1) is 14.4. The van der Waals surface area contributed by atoms with E-state index >= 15 is 0 Å². The summed E-state index contributed by atoms with van der Waals surface area (Å²) in [5.41, 5.74) is 10.3. The van der Waals surface area contributed by atoms with Crippen molar-refractivity contribution in [3.05, 3.63) is 53.2 Å². The van der Waals surface area contributed by atoms with Crippen molar-refractivity contribution < 1.29 is 29.2 Å². The number of nitrogens with one attached hydrogen (secondary N) is 1. The first kappa shape index (κ1) is 21.2. The molecule has 0 unspecified atom stereocenters. The first-order valence-corrected chi connectivity index (χ1v) is 9.13. The van der Waals surface area contributed by atoms with Crippen LogP contribution in [0, 0.1) is 0 Å². The summed E-state index contributed by atoms with van der Waals surface area (Å²) in [6.45, 7) is -0.387. The molecule has 0 bridgehead atoms. The lowest BCUT2D eigenvalue weighted by molar-refractivity contribution is 0.0596. The van der Waals surface area contributed by atoms with Gasteiger partial charge >= 0.3 is 5.97 Å². The van der Waals surface area contributed by atoms with Crippen molar-refractivity contribution in [3.8, 4) is 33.9 Å². The van der Waals surface area contributed by atoms with Crippen LogP contribution in [0.15, 0.2) is 36.4 Å². The number of H-pyrrole nitrogens is 1. The molecule has 30 heavy (non-hydrogen) atoms. The summed E-state index contributed by atoms with van der Waals surface area (Å²) in [4.78, 5) is 15.6. The average molecular weight is 412 g/mol. The van der Waals surface area contributed by atoms with Crippen LogP contribution in [0.2, 0.25) is 0 Å². The van der Waals surface area contributed by atoms with Crippen molar-refractivity contribution in [2.75, 3.05) is 27.1 Å². The summed E-state index contributed by atoms with van der Waals surface area (Å²) >= 11 is 0. The number of nitrogens with two attached hydrogens (primary N) is 1. The van der Waals surface area contributed by atoms with Crippen molar-refractivity contribution in [1.82, 2.24) is 4.98 Å². The number of anilines is 1. The molecule has 0 aliphatic heterocycles. The predicted octanol–water partition coefficient (Wildman–Crippen LogP) is 2.72. The number of esters is 1. The number of hydrogen-bond donors (Lipinski definition) is 4. The Morgan fingerprint density at radius 2 is 1.43 bits per heavy atom. The fourth-order valence-electron chi connectivity index (χ4n) is 3.33. The van der Waals surface area contributed by atoms with E-state index in [4.69, 9.17) is 19.9 Å². The quantitative estimate of drug-likeness (QED) is 0.439. The Balaban J connectivity index is 2.28. The number of benzene rings is 2. The second kappa shape index (κ2) is 8.89. The number of rotatable bonds is 7. The number of methoxy groups -OCH3 is 3. The van der Waals surface area contributed by atoms with Crippen LogP contribution in [0.1, 0.15) is 21.6 Å². The van der Waals surface area contributed by atoms with Gasteiger partial charge < -0.3 is 35.1 Å². The molecule has 0 aliphatic rings. The molecular weight excluding hydrogens is 388 g/mol. The highest BCUT2D eigenvalue weighted by Crippen LogP contribution is 2.40. The van der Waals surface area contributed by atoms with Crippen LogP contribution in [-0.4, -0.2) is 42.5 Å². The number of aliphatic hydroxyl groups excluding tert-OH is 2. The lowest BCUT2D eigenvalue weighted by Gasteiger charge is -2.10. The van der Waals surface area contributed by atoms with E-state index in [0.29, 0.717) is 50.7 Å². The summed E-state index contributed by atoms with van der Waals surface area (Å²) in [5.74, 6) is 0.454. The maximum absolute atomic E-state index is 12.5. The molecule has 3 aromatic rings. The Kier molecular flexibility index (Phi) is 6.29. The molecule has 8 heteroatoms. The maximum Gasteiger partial charge on any atom is 0.355 e. The number of nitrogen functional groups attached to an aromatic ring is 1. The Hall–Kier alpha value is -3.49. The molecule has 0 saturated carbocycles. The Morgan fingerprint density at radius 3 is 1.93 bits per heavy atom. The van der Waals surface area contributed by atoms with E-state index in [9.17, 15) is 15.0 Å². The van der Waals surface area contributed by atoms with E-state index in [1.807, 2.05) is 0 Å². The normalized spacial score (nSPS) is 10.7. The van der Waals surface area contributed by atoms with Gasteiger partial charge in [0.25, 0.3) is 0 Å². The first-order valence-electron chi connectivity index (χ1n) is 9.13. The molecule has 0 fully saturated rings. The van der Waals surface area contributed by atoms with Crippen molar-refractivity contribution in [2.45, 2.75) is 13.2 Å². The minimum atomic E-state index is -0.596. The van der Waals surface area contributed by atoms with Gasteiger partial charge in [-0.1, -0.05) is 0 Å². The SMILES string of the molecule is COC(=O)c1[nH]c(-c2cc(CO)cc(OC)c2)c(N)c1-c1cc(CO)cc(OC)c1. The Bertz CT molecular complexity index is 1030. The minimum absolute atomic E-state index is 0.163. The van der Waals surface area contributed by atoms with Crippen molar-refractivity contribution >= 4 is 11.7 Å². The molecule has 8 nitrogen and oxygen atoms in total. The summed E-state index contributed by atoms with van der Waals surface area (Å²) in [7, 11) is 4.32. The predicted molar refractivity (Wildman–Crippen MR) is 112 cm³/mol. The zero-order valence-electron chi connectivity index (χ0n) is 17.0. The lowest BCUT2D eigenvalue weighted by Crippen LogP contribution is -2.04. The molecule has 1 aromatic heterocycles. The third-order valence-electron chi connectivity index (χ3n) is 4.77. The molecule has 0 saturated heterocycles. The van der Waals surface area contributed by atoms with E-state index in [1.165, 1.54) is 21.3 Å². The van der Waals surface area contributed by atoms with E-state index in [-0.39, 0.29) is 18.9 Å². The van der Waals surface area contributed by atoms with Crippen LogP contribution in [0.3, 0.4) is 0 Å². The van der Waals surface area contributed by atoms with E-state index in [0.717, 1.165) is 0 Å². The fraction of sp³-hybridized carbons (Fsp3) is 0.227. The molecule has 2 aromatic carbocycles. The van der Waals surface area contributed by atoms with Gasteiger partial charge in [0.05, 0.1) is 45.9 Å². The van der Waals surface area contributed by atoms with E-state index in [1.54, 1.807) is 36.4 Å². The number of hydrogen-bond acceptors (Lipinski definition) is 7. The number of carbonyl (C=O) groups excluding carboxylic acids is 1. The highest BCUT2D eigenvalue weighted by Gasteiger charge is 2.24. The zero-order valence-corrected chi connectivity index (χ0v) is 17.0. The van der Waals surface area contributed by atoms with Gasteiger partial charge in [0.2, 0.25) is 0 Å². The van der Waals surface area contributed by atoms with Gasteiger partial charge in [-0.05, 0) is 53.1 Å². The minimum Gasteiger partial charge on any atom is -0.497 e. The van der Waals surface area contributed by atoms with Crippen molar-refractivity contribution in [1.29, 1.82) is 0 Å². The second-order valence-corrected chi connectivity index (χ2v) is 6.61. The van der Waals surface area contributed by atoms with Crippen LogP contribution in [-0.2, 0) is 18.0 Å². The molecule has 3 rings (SSSR count). The summed E-state index contributed by atoms with van der Waals surface area (Å²) in [6.07, 6.45) is 0. The highest BCUT2D eigenvalue weighted by atomic mass is 16.5. The van der Waals surface area contributed by atoms with Crippen LogP contribution in [0.4, 0.5) is 5.69 Å². The van der Waals surface area contributed by atoms with Crippen molar-refractivity contribution in [2.24, 2.45) is 0 Å². The standard InChI is InChI=1S/C22H24N2O6/c1-28-16-6-12(10-25)4-14(8-16)18-19(23)20(24-21(18)22(27)30-3)15-5-13(11-26)7-17(9-15)29-2/h4-9,24-26H,10-11,23H2,1-3H3. The van der Waals surface area contributed by atoms with Gasteiger partial charge in [-0.3, -0.25) is 0 Å². The lowest BCUT2D eigenvalue weighted by atomic mass is 9.99. The Labute approximate surface area is 173 Å². The van der Waals surface area contributed by atoms with Gasteiger partial charge in [-0.25, -0.2) is 4.79 Å². The molecule has 0 atom stereocenters. The molecule has 0 radical (unpaired) electrons. The van der Waals surface area contributed by atoms with Gasteiger partial charge in [0.15, 0.2) is 0 Å². The number of aromatic amines is 1. The van der Waals surface area contributed by atoms with Crippen LogP contribution >= 0.6 is 0 Å². The molecule has 0 amide bonds. The summed E-state index contributed by atoms with van der Waals surface area (Å²) in [5, 5.41) is 19.2. The van der Waals surface area contributed by atoms with Crippen molar-refractivity contribution in [3.63, 3.8) is 0 Å². The maximum atomic E-state index is 12.5. The molecule has 0 aliphatic carbocycles. The second-order valence-electron chi connectivity index (χ2n) is 6.61. The molecule has 0 spiro atoms. The molecular formula is C22H24N2O6. The third-order valence-corrected chi connectivity index (χ3v) is 4.77. The molecule has 5 N–H and O–H groups in total. The number of aromatic nitrogens is 1. The van der Waals surface area contributed by atoms with Crippen LogP contribution in [0.5, 0.6) is 11.5 Å². The highest BCUT2D eigenvalue weighted by molar-refractivity contribution is 6.03. The van der Waals surface area contributed by atoms with Gasteiger partial charge in [0, 0.05) is 11.1 Å². The largest absolute Gasteiger partial charge is 0.497 e. The van der Waals surface area contributed by atoms with Gasteiger partial charge in [-0.15, -0.1) is 0 Å². The van der Waals surface area contributed by atoms with Gasteiger partial charge in [0.1, 0.15) is 17.2 Å². The van der Waals surface area contributed by atoms with Crippen LogP contribution in [0.25, 0.3) is 22.4 Å². The average Bonchev–Trinajstić information content (AvgIpc) is 3.14. The third kappa shape index (κ3) is 3.96. The smallest absolute Gasteiger partial charge is 0.355 e. The number of carbonyl (C=O) groups is 1. The topological polar surface area (TPSA) is 127 Å². The van der Waals surface area contributed by atoms with Crippen LogP contribution < -0.4 is 15.2 Å². The monoisotopic (exact) mass is 412 g/mol. The van der Waals surface area contributed by atoms with E-state index < -0.39 is 5.97 Å². The number of ether oxygens (including phenoxy) is 3. The summed E-state index contributed by atoms with van der Waals surface area (Å²) < 4.78 is 15.6. The zero-order chi connectivity index (χ0) is 21.8. The fourth-order valence-corrected chi connectivity index (χ4v) is 3.33. The number of aliphatic hydroxyl groups is 2. The molecule has 1 heterocycles. The Morgan fingerprint density at radius 1 is 0.900 bits per heavy atom. The summed E-state index contributed by atoms with van der Waals surface area (Å²) in [6, 6.07) is 10.3. The van der Waals surface area contributed by atoms with Gasteiger partial charge in [-0.2, -0.15) is 0 Å². The molecule has 158 valence electrons. The van der Waals surface area contributed by atoms with E-state index in [2.05, 4.69) is 4.98 Å².